The Bertz CT molecular complexity index is 625. The molecule has 7 nitrogen and oxygen atoms in total. The lowest BCUT2D eigenvalue weighted by molar-refractivity contribution is -0.119. The standard InChI is InChI=1S/C19H29N3O4.ClH/c1-24-15-9-14(10-16(25-2)18(15)26-12-17(20)23)11-22-8-5-19(13-22)3-6-21-7-4-19;/h9-10,21H,3-8,11-13H2,1-2H3,(H2,20,23);1H. The molecule has 3 rings (SSSR count). The number of nitrogens with two attached hydrogens (primary N) is 1. The lowest BCUT2D eigenvalue weighted by Gasteiger charge is -2.34. The first kappa shape index (κ1) is 21.6. The fourth-order valence-corrected chi connectivity index (χ4v) is 4.10. The summed E-state index contributed by atoms with van der Waals surface area (Å²) in [5.74, 6) is 0.976. The molecule has 2 aliphatic heterocycles. The molecule has 1 aromatic carbocycles. The van der Waals surface area contributed by atoms with Gasteiger partial charge in [0.25, 0.3) is 5.91 Å². The molecular formula is C19H30ClN3O4. The lowest BCUT2D eigenvalue weighted by Crippen LogP contribution is -2.38. The number of methoxy groups -OCH3 is 2. The van der Waals surface area contributed by atoms with Gasteiger partial charge in [-0.25, -0.2) is 0 Å². The minimum absolute atomic E-state index is 0. The van der Waals surface area contributed by atoms with E-state index in [0.29, 0.717) is 22.7 Å². The molecule has 1 amide bonds. The zero-order valence-corrected chi connectivity index (χ0v) is 16.9. The Hall–Kier alpha value is -1.70. The van der Waals surface area contributed by atoms with Gasteiger partial charge in [0.1, 0.15) is 0 Å². The highest BCUT2D eigenvalue weighted by Crippen LogP contribution is 2.41. The van der Waals surface area contributed by atoms with E-state index in [2.05, 4.69) is 10.2 Å². The molecule has 2 aliphatic rings. The Morgan fingerprint density at radius 2 is 1.81 bits per heavy atom. The summed E-state index contributed by atoms with van der Waals surface area (Å²) in [6, 6.07) is 3.90. The number of nitrogens with zero attached hydrogens (tertiary/aromatic N) is 1. The van der Waals surface area contributed by atoms with Gasteiger partial charge >= 0.3 is 0 Å². The van der Waals surface area contributed by atoms with E-state index in [9.17, 15) is 4.79 Å². The number of piperidine rings is 1. The van der Waals surface area contributed by atoms with E-state index in [4.69, 9.17) is 19.9 Å². The van der Waals surface area contributed by atoms with E-state index in [0.717, 1.165) is 38.3 Å². The molecular weight excluding hydrogens is 370 g/mol. The van der Waals surface area contributed by atoms with Crippen LogP contribution in [0.25, 0.3) is 0 Å². The van der Waals surface area contributed by atoms with E-state index < -0.39 is 5.91 Å². The number of amides is 1. The summed E-state index contributed by atoms with van der Waals surface area (Å²) in [5.41, 5.74) is 6.76. The highest BCUT2D eigenvalue weighted by Gasteiger charge is 2.38. The van der Waals surface area contributed by atoms with Crippen LogP contribution >= 0.6 is 12.4 Å². The van der Waals surface area contributed by atoms with Gasteiger partial charge in [-0.05, 0) is 62.0 Å². The Balaban J connectivity index is 0.00000261. The molecule has 0 radical (unpaired) electrons. The first-order chi connectivity index (χ1) is 12.5. The maximum atomic E-state index is 11.0. The zero-order chi connectivity index (χ0) is 18.6. The number of halogens is 1. The SMILES string of the molecule is COc1cc(CN2CCC3(CCNCC3)C2)cc(OC)c1OCC(N)=O.Cl. The Morgan fingerprint density at radius 1 is 1.19 bits per heavy atom. The number of primary amides is 1. The largest absolute Gasteiger partial charge is 0.493 e. The summed E-state index contributed by atoms with van der Waals surface area (Å²) in [4.78, 5) is 13.5. The van der Waals surface area contributed by atoms with Crippen LogP contribution in [0.2, 0.25) is 0 Å². The quantitative estimate of drug-likeness (QED) is 0.723. The van der Waals surface area contributed by atoms with E-state index in [-0.39, 0.29) is 19.0 Å². The van der Waals surface area contributed by atoms with Crippen LogP contribution in [0.5, 0.6) is 17.2 Å². The molecule has 2 fully saturated rings. The minimum Gasteiger partial charge on any atom is -0.493 e. The number of rotatable bonds is 7. The molecule has 0 saturated carbocycles. The first-order valence-electron chi connectivity index (χ1n) is 9.14. The van der Waals surface area contributed by atoms with Crippen molar-refractivity contribution in [2.24, 2.45) is 11.1 Å². The van der Waals surface area contributed by atoms with Gasteiger partial charge in [-0.1, -0.05) is 0 Å². The van der Waals surface area contributed by atoms with Crippen molar-refractivity contribution in [3.63, 3.8) is 0 Å². The highest BCUT2D eigenvalue weighted by atomic mass is 35.5. The first-order valence-corrected chi connectivity index (χ1v) is 9.14. The fraction of sp³-hybridized carbons (Fsp3) is 0.632. The number of ether oxygens (including phenoxy) is 3. The Kier molecular flexibility index (Phi) is 7.59. The van der Waals surface area contributed by atoms with Crippen LogP contribution in [0.1, 0.15) is 24.8 Å². The number of carbonyl (C=O) groups is 1. The average molecular weight is 400 g/mol. The van der Waals surface area contributed by atoms with Crippen LogP contribution in [-0.4, -0.2) is 57.8 Å². The van der Waals surface area contributed by atoms with Gasteiger partial charge < -0.3 is 25.3 Å². The van der Waals surface area contributed by atoms with Crippen molar-refractivity contribution in [3.8, 4) is 17.2 Å². The van der Waals surface area contributed by atoms with Gasteiger partial charge in [0, 0.05) is 13.1 Å². The second-order valence-corrected chi connectivity index (χ2v) is 7.30. The number of benzene rings is 1. The van der Waals surface area contributed by atoms with Crippen molar-refractivity contribution < 1.29 is 19.0 Å². The summed E-state index contributed by atoms with van der Waals surface area (Å²) >= 11 is 0. The molecule has 2 saturated heterocycles. The summed E-state index contributed by atoms with van der Waals surface area (Å²) in [5, 5.41) is 3.46. The van der Waals surface area contributed by atoms with Crippen LogP contribution < -0.4 is 25.3 Å². The van der Waals surface area contributed by atoms with Gasteiger partial charge in [-0.3, -0.25) is 9.69 Å². The third-order valence-corrected chi connectivity index (χ3v) is 5.47. The summed E-state index contributed by atoms with van der Waals surface area (Å²) in [6.07, 6.45) is 3.79. The van der Waals surface area contributed by atoms with Crippen molar-refractivity contribution in [2.75, 3.05) is 47.0 Å². The molecule has 152 valence electrons. The topological polar surface area (TPSA) is 86.1 Å². The number of nitrogens with one attached hydrogen (secondary N) is 1. The number of hydrogen-bond acceptors (Lipinski definition) is 6. The lowest BCUT2D eigenvalue weighted by atomic mass is 9.78. The van der Waals surface area contributed by atoms with E-state index in [1.807, 2.05) is 12.1 Å². The molecule has 0 bridgehead atoms. The van der Waals surface area contributed by atoms with Gasteiger partial charge in [0.2, 0.25) is 5.75 Å². The van der Waals surface area contributed by atoms with Crippen LogP contribution in [0.15, 0.2) is 12.1 Å². The summed E-state index contributed by atoms with van der Waals surface area (Å²) < 4.78 is 16.4. The second kappa shape index (κ2) is 9.48. The minimum atomic E-state index is -0.539. The maximum Gasteiger partial charge on any atom is 0.255 e. The molecule has 0 unspecified atom stereocenters. The van der Waals surface area contributed by atoms with Crippen LogP contribution in [0, 0.1) is 5.41 Å². The van der Waals surface area contributed by atoms with Gasteiger partial charge in [0.05, 0.1) is 14.2 Å². The molecule has 3 N–H and O–H groups in total. The van der Waals surface area contributed by atoms with Gasteiger partial charge in [0.15, 0.2) is 18.1 Å². The molecule has 1 aromatic rings. The van der Waals surface area contributed by atoms with Crippen molar-refractivity contribution in [2.45, 2.75) is 25.8 Å². The van der Waals surface area contributed by atoms with Gasteiger partial charge in [-0.15, -0.1) is 12.4 Å². The molecule has 1 spiro atoms. The van der Waals surface area contributed by atoms with Crippen LogP contribution in [0.4, 0.5) is 0 Å². The summed E-state index contributed by atoms with van der Waals surface area (Å²) in [7, 11) is 3.16. The second-order valence-electron chi connectivity index (χ2n) is 7.30. The van der Waals surface area contributed by atoms with Gasteiger partial charge in [-0.2, -0.15) is 0 Å². The smallest absolute Gasteiger partial charge is 0.255 e. The molecule has 27 heavy (non-hydrogen) atoms. The molecule has 2 heterocycles. The Morgan fingerprint density at radius 3 is 2.37 bits per heavy atom. The molecule has 0 aliphatic carbocycles. The third kappa shape index (κ3) is 5.18. The molecule has 0 atom stereocenters. The maximum absolute atomic E-state index is 11.0. The summed E-state index contributed by atoms with van der Waals surface area (Å²) in [6.45, 7) is 5.14. The average Bonchev–Trinajstić information content (AvgIpc) is 3.01. The van der Waals surface area contributed by atoms with E-state index >= 15 is 0 Å². The van der Waals surface area contributed by atoms with Crippen molar-refractivity contribution in [1.82, 2.24) is 10.2 Å². The zero-order valence-electron chi connectivity index (χ0n) is 16.1. The third-order valence-electron chi connectivity index (χ3n) is 5.47. The Labute approximate surface area is 166 Å². The van der Waals surface area contributed by atoms with Crippen LogP contribution in [0.3, 0.4) is 0 Å². The van der Waals surface area contributed by atoms with Crippen molar-refractivity contribution >= 4 is 18.3 Å². The van der Waals surface area contributed by atoms with Crippen molar-refractivity contribution in [1.29, 1.82) is 0 Å². The number of likely N-dealkylation sites (tertiary alicyclic amines) is 1. The van der Waals surface area contributed by atoms with Crippen molar-refractivity contribution in [3.05, 3.63) is 17.7 Å². The predicted octanol–water partition coefficient (Wildman–Crippen LogP) is 1.57. The highest BCUT2D eigenvalue weighted by molar-refractivity contribution is 5.85. The molecule has 8 heteroatoms. The number of carbonyl (C=O) groups excluding carboxylic acids is 1. The predicted molar refractivity (Wildman–Crippen MR) is 106 cm³/mol. The van der Waals surface area contributed by atoms with E-state index in [1.54, 1.807) is 14.2 Å². The number of hydrogen-bond donors (Lipinski definition) is 2. The van der Waals surface area contributed by atoms with E-state index in [1.165, 1.54) is 19.3 Å². The van der Waals surface area contributed by atoms with Crippen LogP contribution in [-0.2, 0) is 11.3 Å². The molecule has 0 aromatic heterocycles. The normalized spacial score (nSPS) is 18.7. The fourth-order valence-electron chi connectivity index (χ4n) is 4.10. The monoisotopic (exact) mass is 399 g/mol.